The number of fused-ring (bicyclic) bond motifs is 1. The molecule has 2 aliphatic heterocycles. The zero-order valence-corrected chi connectivity index (χ0v) is 19.4. The van der Waals surface area contributed by atoms with Gasteiger partial charge in [0.2, 0.25) is 18.2 Å². The van der Waals surface area contributed by atoms with Gasteiger partial charge in [0.1, 0.15) is 0 Å². The van der Waals surface area contributed by atoms with E-state index >= 15 is 0 Å². The van der Waals surface area contributed by atoms with E-state index in [0.717, 1.165) is 73.7 Å². The van der Waals surface area contributed by atoms with Crippen LogP contribution in [0.3, 0.4) is 0 Å². The highest BCUT2D eigenvalue weighted by molar-refractivity contribution is 7.17. The number of hydrogen-bond donors (Lipinski definition) is 1. The summed E-state index contributed by atoms with van der Waals surface area (Å²) in [6.07, 6.45) is 2.68. The van der Waals surface area contributed by atoms with Gasteiger partial charge in [-0.3, -0.25) is 9.69 Å². The number of rotatable bonds is 6. The first kappa shape index (κ1) is 21.8. The first-order valence-electron chi connectivity index (χ1n) is 11.0. The Labute approximate surface area is 195 Å². The number of hydrogen-bond acceptors (Lipinski definition) is 10. The Balaban J connectivity index is 1.54. The second-order valence-electron chi connectivity index (χ2n) is 8.15. The molecule has 10 nitrogen and oxygen atoms in total. The molecule has 0 atom stereocenters. The Morgan fingerprint density at radius 2 is 1.97 bits per heavy atom. The topological polar surface area (TPSA) is 110 Å². The predicted molar refractivity (Wildman–Crippen MR) is 128 cm³/mol. The molecule has 2 saturated heterocycles. The number of piperazine rings is 1. The molecule has 33 heavy (non-hydrogen) atoms. The molecule has 3 aromatic rings. The van der Waals surface area contributed by atoms with E-state index < -0.39 is 0 Å². The van der Waals surface area contributed by atoms with E-state index in [9.17, 15) is 4.79 Å². The van der Waals surface area contributed by atoms with Crippen LogP contribution in [0.4, 0.5) is 11.6 Å². The lowest BCUT2D eigenvalue weighted by molar-refractivity contribution is -0.119. The molecule has 0 radical (unpaired) electrons. The van der Waals surface area contributed by atoms with Crippen LogP contribution < -0.4 is 15.4 Å². The van der Waals surface area contributed by atoms with Crippen LogP contribution in [-0.2, 0) is 16.1 Å². The van der Waals surface area contributed by atoms with Crippen molar-refractivity contribution in [2.75, 3.05) is 70.2 Å². The Kier molecular flexibility index (Phi) is 6.25. The number of thiophene rings is 1. The minimum atomic E-state index is 0.402. The van der Waals surface area contributed by atoms with Crippen LogP contribution in [0.5, 0.6) is 5.88 Å². The van der Waals surface area contributed by atoms with E-state index in [1.807, 2.05) is 11.0 Å². The van der Waals surface area contributed by atoms with Gasteiger partial charge in [0, 0.05) is 63.1 Å². The zero-order valence-electron chi connectivity index (χ0n) is 18.6. The van der Waals surface area contributed by atoms with Crippen molar-refractivity contribution in [1.82, 2.24) is 24.8 Å². The van der Waals surface area contributed by atoms with E-state index in [-0.39, 0.29) is 0 Å². The molecule has 5 rings (SSSR count). The molecule has 174 valence electrons. The number of ether oxygens (including phenoxy) is 2. The van der Waals surface area contributed by atoms with Crippen LogP contribution in [0.1, 0.15) is 5.56 Å². The van der Waals surface area contributed by atoms with Gasteiger partial charge >= 0.3 is 0 Å². The summed E-state index contributed by atoms with van der Waals surface area (Å²) in [6, 6.07) is 1.86. The number of carbonyl (C=O) groups excluding carboxylic acids is 1. The van der Waals surface area contributed by atoms with Crippen molar-refractivity contribution in [2.24, 2.45) is 0 Å². The van der Waals surface area contributed by atoms with Gasteiger partial charge in [0.05, 0.1) is 41.9 Å². The van der Waals surface area contributed by atoms with Crippen molar-refractivity contribution in [1.29, 1.82) is 0 Å². The average molecular weight is 470 g/mol. The third-order valence-electron chi connectivity index (χ3n) is 6.07. The maximum Gasteiger partial charge on any atom is 0.236 e. The maximum absolute atomic E-state index is 11.0. The van der Waals surface area contributed by atoms with Gasteiger partial charge in [-0.2, -0.15) is 0 Å². The molecular weight excluding hydrogens is 442 g/mol. The largest absolute Gasteiger partial charge is 0.480 e. The third-order valence-corrected chi connectivity index (χ3v) is 7.09. The van der Waals surface area contributed by atoms with Gasteiger partial charge in [0.15, 0.2) is 0 Å². The number of morpholine rings is 1. The molecule has 2 N–H and O–H groups in total. The van der Waals surface area contributed by atoms with Gasteiger partial charge in [-0.15, -0.1) is 11.3 Å². The molecule has 0 aliphatic carbocycles. The molecule has 0 spiro atoms. The van der Waals surface area contributed by atoms with Crippen LogP contribution in [0.15, 0.2) is 17.6 Å². The summed E-state index contributed by atoms with van der Waals surface area (Å²) in [7, 11) is 1.55. The Morgan fingerprint density at radius 3 is 2.67 bits per heavy atom. The number of methoxy groups -OCH3 is 1. The third kappa shape index (κ3) is 4.43. The van der Waals surface area contributed by atoms with Crippen LogP contribution >= 0.6 is 11.3 Å². The van der Waals surface area contributed by atoms with E-state index in [4.69, 9.17) is 25.2 Å². The highest BCUT2D eigenvalue weighted by atomic mass is 32.1. The summed E-state index contributed by atoms with van der Waals surface area (Å²) < 4.78 is 11.8. The normalized spacial score (nSPS) is 17.5. The second kappa shape index (κ2) is 9.46. The number of anilines is 2. The molecule has 1 amide bonds. The summed E-state index contributed by atoms with van der Waals surface area (Å²) in [5, 5.41) is 2.17. The first-order chi connectivity index (χ1) is 16.2. The molecule has 2 aliphatic rings. The lowest BCUT2D eigenvalue weighted by atomic mass is 10.1. The fourth-order valence-corrected chi connectivity index (χ4v) is 5.21. The van der Waals surface area contributed by atoms with E-state index in [1.54, 1.807) is 24.6 Å². The summed E-state index contributed by atoms with van der Waals surface area (Å²) in [5.41, 5.74) is 10.4. The quantitative estimate of drug-likeness (QED) is 0.537. The van der Waals surface area contributed by atoms with Crippen LogP contribution in [0, 0.1) is 0 Å². The lowest BCUT2D eigenvalue weighted by Crippen LogP contribution is -2.45. The fourth-order valence-electron chi connectivity index (χ4n) is 4.20. The Hall–Kier alpha value is -3.02. The summed E-state index contributed by atoms with van der Waals surface area (Å²) in [4.78, 5) is 31.7. The molecule has 0 unspecified atom stereocenters. The number of pyridine rings is 1. The molecular formula is C22H27N7O3S. The Bertz CT molecular complexity index is 1140. The van der Waals surface area contributed by atoms with Crippen molar-refractivity contribution in [3.05, 3.63) is 23.2 Å². The average Bonchev–Trinajstić information content (AvgIpc) is 3.27. The van der Waals surface area contributed by atoms with Gasteiger partial charge in [-0.25, -0.2) is 15.0 Å². The number of aromatic nitrogens is 3. The number of nitrogens with zero attached hydrogens (tertiary/aromatic N) is 6. The van der Waals surface area contributed by atoms with E-state index in [1.165, 1.54) is 5.56 Å². The molecule has 2 fully saturated rings. The fraction of sp³-hybridized carbons (Fsp3) is 0.455. The van der Waals surface area contributed by atoms with Crippen molar-refractivity contribution in [3.8, 4) is 17.1 Å². The van der Waals surface area contributed by atoms with Crippen molar-refractivity contribution in [3.63, 3.8) is 0 Å². The SMILES string of the molecule is COc1ncc(-c2nc(N3CCOCC3)nc3c(CN4CCN(C=O)CC4)csc23)cc1N. The maximum atomic E-state index is 11.0. The highest BCUT2D eigenvalue weighted by Crippen LogP contribution is 2.36. The standard InChI is InChI=1S/C22H27N7O3S/c1-31-21-17(23)10-15(11-24-21)18-20-19(26-22(25-18)29-6-8-32-9-7-29)16(13-33-20)12-27-2-4-28(14-30)5-3-27/h10-11,13-14H,2-9,12,23H2,1H3. The number of nitrogens with two attached hydrogens (primary N) is 1. The summed E-state index contributed by atoms with van der Waals surface area (Å²) in [5.74, 6) is 1.10. The predicted octanol–water partition coefficient (Wildman–Crippen LogP) is 1.45. The molecule has 11 heteroatoms. The molecule has 0 saturated carbocycles. The molecule has 3 aromatic heterocycles. The second-order valence-corrected chi connectivity index (χ2v) is 9.03. The van der Waals surface area contributed by atoms with Crippen molar-refractivity contribution in [2.45, 2.75) is 6.54 Å². The number of amides is 1. The monoisotopic (exact) mass is 469 g/mol. The van der Waals surface area contributed by atoms with Crippen molar-refractivity contribution >= 4 is 39.6 Å². The van der Waals surface area contributed by atoms with E-state index in [2.05, 4.69) is 20.2 Å². The van der Waals surface area contributed by atoms with E-state index in [0.29, 0.717) is 30.7 Å². The summed E-state index contributed by atoms with van der Waals surface area (Å²) >= 11 is 1.64. The minimum absolute atomic E-state index is 0.402. The number of nitrogen functional groups attached to an aromatic ring is 1. The van der Waals surface area contributed by atoms with Gasteiger partial charge in [0.25, 0.3) is 0 Å². The van der Waals surface area contributed by atoms with Crippen molar-refractivity contribution < 1.29 is 14.3 Å². The number of carbonyl (C=O) groups is 1. The zero-order chi connectivity index (χ0) is 22.8. The highest BCUT2D eigenvalue weighted by Gasteiger charge is 2.23. The minimum Gasteiger partial charge on any atom is -0.480 e. The van der Waals surface area contributed by atoms with Crippen LogP contribution in [0.2, 0.25) is 0 Å². The first-order valence-corrected chi connectivity index (χ1v) is 11.9. The van der Waals surface area contributed by atoms with Crippen LogP contribution in [-0.4, -0.2) is 90.8 Å². The summed E-state index contributed by atoms with van der Waals surface area (Å²) in [6.45, 7) is 6.81. The lowest BCUT2D eigenvalue weighted by Gasteiger charge is -2.32. The smallest absolute Gasteiger partial charge is 0.236 e. The molecule has 0 bridgehead atoms. The molecule has 5 heterocycles. The van der Waals surface area contributed by atoms with Gasteiger partial charge in [-0.05, 0) is 11.4 Å². The van der Waals surface area contributed by atoms with Gasteiger partial charge in [-0.1, -0.05) is 0 Å². The van der Waals surface area contributed by atoms with Crippen LogP contribution in [0.25, 0.3) is 21.5 Å². The van der Waals surface area contributed by atoms with Gasteiger partial charge < -0.3 is 25.0 Å². The molecule has 0 aromatic carbocycles. The Morgan fingerprint density at radius 1 is 1.18 bits per heavy atom.